The molecule has 0 radical (unpaired) electrons. The van der Waals surface area contributed by atoms with E-state index in [9.17, 15) is 4.79 Å². The van der Waals surface area contributed by atoms with Gasteiger partial charge in [-0.25, -0.2) is 9.97 Å². The van der Waals surface area contributed by atoms with Gasteiger partial charge in [0, 0.05) is 5.38 Å². The molecular formula is C8H4Cl2N2OS2. The van der Waals surface area contributed by atoms with Crippen LogP contribution in [0.5, 0.6) is 0 Å². The van der Waals surface area contributed by atoms with E-state index in [1.807, 2.05) is 0 Å². The van der Waals surface area contributed by atoms with E-state index in [1.165, 1.54) is 22.7 Å². The Hall–Kier alpha value is -0.490. The minimum Gasteiger partial charge on any atom is -0.291 e. The van der Waals surface area contributed by atoms with Crippen molar-refractivity contribution in [3.8, 4) is 10.0 Å². The molecule has 2 aromatic heterocycles. The minimum absolute atomic E-state index is 0.0538. The number of alkyl halides is 1. The fourth-order valence-corrected chi connectivity index (χ4v) is 2.84. The molecule has 0 atom stereocenters. The second kappa shape index (κ2) is 4.57. The maximum atomic E-state index is 11.2. The molecule has 0 saturated carbocycles. The predicted molar refractivity (Wildman–Crippen MR) is 63.3 cm³/mol. The molecule has 0 aliphatic heterocycles. The molecule has 0 unspecified atom stereocenters. The van der Waals surface area contributed by atoms with Crippen LogP contribution in [0, 0.1) is 0 Å². The van der Waals surface area contributed by atoms with Gasteiger partial charge in [0.2, 0.25) is 0 Å². The first kappa shape index (κ1) is 11.0. The van der Waals surface area contributed by atoms with E-state index in [1.54, 1.807) is 11.6 Å². The highest BCUT2D eigenvalue weighted by atomic mass is 35.5. The molecule has 7 heteroatoms. The topological polar surface area (TPSA) is 42.9 Å². The lowest BCUT2D eigenvalue weighted by Gasteiger charge is -1.87. The zero-order valence-corrected chi connectivity index (χ0v) is 10.4. The lowest BCUT2D eigenvalue weighted by atomic mass is 10.3. The van der Waals surface area contributed by atoms with Crippen LogP contribution < -0.4 is 0 Å². The van der Waals surface area contributed by atoms with E-state index in [0.717, 1.165) is 5.01 Å². The summed E-state index contributed by atoms with van der Waals surface area (Å²) in [6.45, 7) is 0. The molecule has 0 saturated heterocycles. The number of hydrogen-bond donors (Lipinski definition) is 0. The third kappa shape index (κ3) is 2.36. The Bertz CT molecular complexity index is 494. The van der Waals surface area contributed by atoms with E-state index < -0.39 is 0 Å². The molecule has 0 bridgehead atoms. The molecule has 0 aliphatic carbocycles. The van der Waals surface area contributed by atoms with Crippen LogP contribution in [-0.4, -0.2) is 21.6 Å². The molecule has 3 nitrogen and oxygen atoms in total. The van der Waals surface area contributed by atoms with E-state index in [0.29, 0.717) is 15.0 Å². The summed E-state index contributed by atoms with van der Waals surface area (Å²) < 4.78 is 0.602. The van der Waals surface area contributed by atoms with Crippen molar-refractivity contribution in [2.45, 2.75) is 0 Å². The van der Waals surface area contributed by atoms with Crippen LogP contribution in [0.1, 0.15) is 10.5 Å². The van der Waals surface area contributed by atoms with Crippen LogP contribution in [0.4, 0.5) is 0 Å². The van der Waals surface area contributed by atoms with Gasteiger partial charge in [0.1, 0.15) is 10.0 Å². The van der Waals surface area contributed by atoms with Gasteiger partial charge in [-0.05, 0) is 0 Å². The summed E-state index contributed by atoms with van der Waals surface area (Å²) in [6, 6.07) is 0. The number of carbonyl (C=O) groups excluding carboxylic acids is 1. The van der Waals surface area contributed by atoms with Crippen LogP contribution in [0.2, 0.25) is 4.34 Å². The SMILES string of the molecule is O=C(CCl)c1csc(-c2ncc(Cl)s2)n1. The van der Waals surface area contributed by atoms with Crippen molar-refractivity contribution in [3.63, 3.8) is 0 Å². The van der Waals surface area contributed by atoms with Gasteiger partial charge in [0.25, 0.3) is 0 Å². The molecule has 15 heavy (non-hydrogen) atoms. The number of nitrogens with zero attached hydrogens (tertiary/aromatic N) is 2. The van der Waals surface area contributed by atoms with Crippen molar-refractivity contribution >= 4 is 51.7 Å². The fraction of sp³-hybridized carbons (Fsp3) is 0.125. The van der Waals surface area contributed by atoms with Gasteiger partial charge in [-0.3, -0.25) is 4.79 Å². The lowest BCUT2D eigenvalue weighted by molar-refractivity contribution is 0.101. The van der Waals surface area contributed by atoms with Crippen LogP contribution in [0.15, 0.2) is 11.6 Å². The fourth-order valence-electron chi connectivity index (χ4n) is 0.922. The second-order valence-corrected chi connectivity index (χ2v) is 5.35. The maximum absolute atomic E-state index is 11.2. The maximum Gasteiger partial charge on any atom is 0.196 e. The molecule has 78 valence electrons. The summed E-state index contributed by atoms with van der Waals surface area (Å²) in [4.78, 5) is 19.4. The Morgan fingerprint density at radius 2 is 2.27 bits per heavy atom. The molecule has 0 spiro atoms. The number of carbonyl (C=O) groups is 1. The van der Waals surface area contributed by atoms with Crippen molar-refractivity contribution in [3.05, 3.63) is 21.6 Å². The average molecular weight is 279 g/mol. The van der Waals surface area contributed by atoms with Crippen molar-refractivity contribution in [1.82, 2.24) is 9.97 Å². The minimum atomic E-state index is -0.179. The summed E-state index contributed by atoms with van der Waals surface area (Å²) >= 11 is 13.9. The van der Waals surface area contributed by atoms with E-state index in [4.69, 9.17) is 23.2 Å². The van der Waals surface area contributed by atoms with Gasteiger partial charge in [-0.15, -0.1) is 22.9 Å². The largest absolute Gasteiger partial charge is 0.291 e. The highest BCUT2D eigenvalue weighted by Crippen LogP contribution is 2.30. The molecule has 0 N–H and O–H groups in total. The van der Waals surface area contributed by atoms with E-state index in [2.05, 4.69) is 9.97 Å². The Morgan fingerprint density at radius 3 is 2.87 bits per heavy atom. The van der Waals surface area contributed by atoms with Gasteiger partial charge < -0.3 is 0 Å². The summed E-state index contributed by atoms with van der Waals surface area (Å²) in [5.41, 5.74) is 0.385. The first-order chi connectivity index (χ1) is 7.20. The van der Waals surface area contributed by atoms with Crippen molar-refractivity contribution in [2.24, 2.45) is 0 Å². The zero-order valence-electron chi connectivity index (χ0n) is 7.24. The van der Waals surface area contributed by atoms with Crippen molar-refractivity contribution in [2.75, 3.05) is 5.88 Å². The molecule has 0 aromatic carbocycles. The second-order valence-electron chi connectivity index (χ2n) is 2.56. The molecule has 0 aliphatic rings. The van der Waals surface area contributed by atoms with Crippen molar-refractivity contribution < 1.29 is 4.79 Å². The molecule has 2 aromatic rings. The zero-order chi connectivity index (χ0) is 10.8. The number of thiazole rings is 2. The van der Waals surface area contributed by atoms with Crippen LogP contribution in [0.3, 0.4) is 0 Å². The number of aromatic nitrogens is 2. The molecule has 0 amide bonds. The Morgan fingerprint density at radius 1 is 1.47 bits per heavy atom. The summed E-state index contributed by atoms with van der Waals surface area (Å²) in [5.74, 6) is -0.233. The molecular weight excluding hydrogens is 275 g/mol. The van der Waals surface area contributed by atoms with Crippen LogP contribution in [0.25, 0.3) is 10.0 Å². The normalized spacial score (nSPS) is 10.5. The van der Waals surface area contributed by atoms with Crippen molar-refractivity contribution in [1.29, 1.82) is 0 Å². The Balaban J connectivity index is 2.31. The predicted octanol–water partition coefficient (Wildman–Crippen LogP) is 3.34. The molecule has 0 fully saturated rings. The third-order valence-electron chi connectivity index (χ3n) is 1.57. The standard InChI is InChI=1S/C8H4Cl2N2OS2/c9-1-5(13)4-3-14-8(12-4)7-11-2-6(10)15-7/h2-3H,1H2. The summed E-state index contributed by atoms with van der Waals surface area (Å²) in [5, 5.41) is 3.09. The summed E-state index contributed by atoms with van der Waals surface area (Å²) in [7, 11) is 0. The number of Topliss-reactive ketones (excluding diaryl/α,β-unsaturated/α-hetero) is 1. The van der Waals surface area contributed by atoms with Gasteiger partial charge in [-0.2, -0.15) is 0 Å². The molecule has 2 heterocycles. The average Bonchev–Trinajstić information content (AvgIpc) is 2.84. The molecule has 2 rings (SSSR count). The third-order valence-corrected chi connectivity index (χ3v) is 3.91. The number of hydrogen-bond acceptors (Lipinski definition) is 5. The quantitative estimate of drug-likeness (QED) is 0.639. The monoisotopic (exact) mass is 278 g/mol. The number of rotatable bonds is 3. The van der Waals surface area contributed by atoms with Gasteiger partial charge in [0.15, 0.2) is 15.8 Å². The smallest absolute Gasteiger partial charge is 0.196 e. The summed E-state index contributed by atoms with van der Waals surface area (Å²) in [6.07, 6.45) is 1.56. The Kier molecular flexibility index (Phi) is 3.35. The van der Waals surface area contributed by atoms with Gasteiger partial charge in [-0.1, -0.05) is 22.9 Å². The number of ketones is 1. The van der Waals surface area contributed by atoms with Gasteiger partial charge >= 0.3 is 0 Å². The van der Waals surface area contributed by atoms with E-state index >= 15 is 0 Å². The van der Waals surface area contributed by atoms with Gasteiger partial charge in [0.05, 0.1) is 12.1 Å². The first-order valence-electron chi connectivity index (χ1n) is 3.87. The lowest BCUT2D eigenvalue weighted by Crippen LogP contribution is -1.99. The highest BCUT2D eigenvalue weighted by molar-refractivity contribution is 7.23. The van der Waals surface area contributed by atoms with Crippen LogP contribution in [-0.2, 0) is 0 Å². The Labute approximate surface area is 104 Å². The first-order valence-corrected chi connectivity index (χ1v) is 6.48. The highest BCUT2D eigenvalue weighted by Gasteiger charge is 2.12. The van der Waals surface area contributed by atoms with E-state index in [-0.39, 0.29) is 11.7 Å². The van der Waals surface area contributed by atoms with Crippen LogP contribution >= 0.6 is 45.9 Å². The number of halogens is 2.